The SMILES string of the molecule is CC1CCCN(C(=NCCc2ccco2)NC2CC2)C1. The number of aliphatic imine (C=N–C) groups is 1. The lowest BCUT2D eigenvalue weighted by Crippen LogP contribution is -2.47. The number of hydrogen-bond acceptors (Lipinski definition) is 2. The molecule has 1 aromatic rings. The Kier molecular flexibility index (Phi) is 4.28. The summed E-state index contributed by atoms with van der Waals surface area (Å²) in [4.78, 5) is 7.25. The van der Waals surface area contributed by atoms with Crippen LogP contribution in [0.3, 0.4) is 0 Å². The molecule has 4 heteroatoms. The van der Waals surface area contributed by atoms with Crippen LogP contribution in [0, 0.1) is 5.92 Å². The molecule has 3 rings (SSSR count). The molecule has 1 N–H and O–H groups in total. The highest BCUT2D eigenvalue weighted by Crippen LogP contribution is 2.21. The lowest BCUT2D eigenvalue weighted by Gasteiger charge is -2.33. The minimum atomic E-state index is 0.662. The van der Waals surface area contributed by atoms with Crippen molar-refractivity contribution in [2.45, 2.75) is 45.1 Å². The molecule has 4 nitrogen and oxygen atoms in total. The van der Waals surface area contributed by atoms with Crippen LogP contribution < -0.4 is 5.32 Å². The third kappa shape index (κ3) is 3.78. The summed E-state index contributed by atoms with van der Waals surface area (Å²) in [6, 6.07) is 4.62. The molecule has 0 amide bonds. The van der Waals surface area contributed by atoms with Crippen LogP contribution >= 0.6 is 0 Å². The normalized spacial score (nSPS) is 23.9. The van der Waals surface area contributed by atoms with Gasteiger partial charge in [-0.25, -0.2) is 0 Å². The molecule has 0 radical (unpaired) electrons. The van der Waals surface area contributed by atoms with Crippen molar-refractivity contribution < 1.29 is 4.42 Å². The summed E-state index contributed by atoms with van der Waals surface area (Å²) in [6.45, 7) is 5.42. The summed E-state index contributed by atoms with van der Waals surface area (Å²) in [5, 5.41) is 3.61. The van der Waals surface area contributed by atoms with Gasteiger partial charge in [0.05, 0.1) is 6.26 Å². The minimum Gasteiger partial charge on any atom is -0.469 e. The van der Waals surface area contributed by atoms with Crippen LogP contribution in [-0.2, 0) is 6.42 Å². The van der Waals surface area contributed by atoms with Crippen molar-refractivity contribution in [3.63, 3.8) is 0 Å². The number of hydrogen-bond donors (Lipinski definition) is 1. The maximum Gasteiger partial charge on any atom is 0.194 e. The van der Waals surface area contributed by atoms with E-state index in [0.29, 0.717) is 6.04 Å². The Morgan fingerprint density at radius 3 is 3.05 bits per heavy atom. The monoisotopic (exact) mass is 275 g/mol. The lowest BCUT2D eigenvalue weighted by atomic mass is 10.0. The van der Waals surface area contributed by atoms with E-state index >= 15 is 0 Å². The van der Waals surface area contributed by atoms with Crippen molar-refractivity contribution in [1.82, 2.24) is 10.2 Å². The van der Waals surface area contributed by atoms with Gasteiger partial charge < -0.3 is 14.6 Å². The number of nitrogens with one attached hydrogen (secondary N) is 1. The number of guanidine groups is 1. The quantitative estimate of drug-likeness (QED) is 0.678. The zero-order valence-corrected chi connectivity index (χ0v) is 12.3. The average molecular weight is 275 g/mol. The first-order valence-electron chi connectivity index (χ1n) is 7.89. The fraction of sp³-hybridized carbons (Fsp3) is 0.688. The first-order chi connectivity index (χ1) is 9.81. The Labute approximate surface area is 121 Å². The van der Waals surface area contributed by atoms with E-state index < -0.39 is 0 Å². The third-order valence-corrected chi connectivity index (χ3v) is 4.07. The number of nitrogens with zero attached hydrogens (tertiary/aromatic N) is 2. The maximum absolute atomic E-state index is 5.37. The van der Waals surface area contributed by atoms with Crippen LogP contribution in [0.1, 0.15) is 38.4 Å². The largest absolute Gasteiger partial charge is 0.469 e. The molecule has 0 bridgehead atoms. The van der Waals surface area contributed by atoms with Gasteiger partial charge in [0.1, 0.15) is 5.76 Å². The highest BCUT2D eigenvalue weighted by molar-refractivity contribution is 5.80. The Morgan fingerprint density at radius 1 is 1.45 bits per heavy atom. The Morgan fingerprint density at radius 2 is 2.35 bits per heavy atom. The van der Waals surface area contributed by atoms with Crippen molar-refractivity contribution in [2.75, 3.05) is 19.6 Å². The number of furan rings is 1. The molecule has 0 aromatic carbocycles. The summed E-state index contributed by atoms with van der Waals surface area (Å²) in [5.74, 6) is 2.91. The van der Waals surface area contributed by atoms with Gasteiger partial charge in [0.15, 0.2) is 5.96 Å². The van der Waals surface area contributed by atoms with E-state index in [0.717, 1.165) is 43.7 Å². The molecular weight excluding hydrogens is 250 g/mol. The summed E-state index contributed by atoms with van der Waals surface area (Å²) in [6.07, 6.45) is 7.83. The van der Waals surface area contributed by atoms with Crippen molar-refractivity contribution in [3.8, 4) is 0 Å². The predicted octanol–water partition coefficient (Wildman–Crippen LogP) is 2.66. The standard InChI is InChI=1S/C16H25N3O/c1-13-4-2-10-19(12-13)16(18-14-6-7-14)17-9-8-15-5-3-11-20-15/h3,5,11,13-14H,2,4,6-10,12H2,1H3,(H,17,18). The van der Waals surface area contributed by atoms with Gasteiger partial charge in [-0.1, -0.05) is 6.92 Å². The van der Waals surface area contributed by atoms with Crippen LogP contribution in [0.4, 0.5) is 0 Å². The second kappa shape index (κ2) is 6.33. The van der Waals surface area contributed by atoms with E-state index in [1.807, 2.05) is 12.1 Å². The number of rotatable bonds is 4. The molecule has 2 fully saturated rings. The highest BCUT2D eigenvalue weighted by Gasteiger charge is 2.26. The van der Waals surface area contributed by atoms with E-state index in [-0.39, 0.29) is 0 Å². The Bertz CT molecular complexity index is 437. The zero-order valence-electron chi connectivity index (χ0n) is 12.3. The Balaban J connectivity index is 1.58. The van der Waals surface area contributed by atoms with E-state index in [4.69, 9.17) is 9.41 Å². The van der Waals surface area contributed by atoms with Crippen LogP contribution in [0.5, 0.6) is 0 Å². The summed E-state index contributed by atoms with van der Waals surface area (Å²) >= 11 is 0. The summed E-state index contributed by atoms with van der Waals surface area (Å²) in [5.41, 5.74) is 0. The fourth-order valence-electron chi connectivity index (χ4n) is 2.76. The molecule has 1 aliphatic heterocycles. The molecule has 1 unspecified atom stereocenters. The number of piperidine rings is 1. The molecule has 2 aliphatic rings. The van der Waals surface area contributed by atoms with E-state index in [9.17, 15) is 0 Å². The van der Waals surface area contributed by atoms with Crippen molar-refractivity contribution >= 4 is 5.96 Å². The van der Waals surface area contributed by atoms with Crippen molar-refractivity contribution in [1.29, 1.82) is 0 Å². The molecule has 1 aromatic heterocycles. The van der Waals surface area contributed by atoms with Gasteiger partial charge in [0.2, 0.25) is 0 Å². The van der Waals surface area contributed by atoms with Crippen LogP contribution in [0.25, 0.3) is 0 Å². The third-order valence-electron chi connectivity index (χ3n) is 4.07. The van der Waals surface area contributed by atoms with Crippen LogP contribution in [0.2, 0.25) is 0 Å². The number of likely N-dealkylation sites (tertiary alicyclic amines) is 1. The molecule has 1 saturated carbocycles. The van der Waals surface area contributed by atoms with Gasteiger partial charge in [0, 0.05) is 32.1 Å². The van der Waals surface area contributed by atoms with Gasteiger partial charge in [-0.05, 0) is 43.7 Å². The average Bonchev–Trinajstić information content (AvgIpc) is 3.11. The van der Waals surface area contributed by atoms with Gasteiger partial charge >= 0.3 is 0 Å². The molecule has 1 aliphatic carbocycles. The van der Waals surface area contributed by atoms with E-state index in [1.165, 1.54) is 25.7 Å². The minimum absolute atomic E-state index is 0.662. The summed E-state index contributed by atoms with van der Waals surface area (Å²) in [7, 11) is 0. The fourth-order valence-corrected chi connectivity index (χ4v) is 2.76. The Hall–Kier alpha value is -1.45. The topological polar surface area (TPSA) is 40.8 Å². The second-order valence-electron chi connectivity index (χ2n) is 6.15. The first kappa shape index (κ1) is 13.5. The maximum atomic E-state index is 5.37. The van der Waals surface area contributed by atoms with Gasteiger partial charge in [0.25, 0.3) is 0 Å². The molecule has 1 atom stereocenters. The van der Waals surface area contributed by atoms with Crippen molar-refractivity contribution in [2.24, 2.45) is 10.9 Å². The van der Waals surface area contributed by atoms with Gasteiger partial charge in [-0.15, -0.1) is 0 Å². The molecular formula is C16H25N3O. The first-order valence-corrected chi connectivity index (χ1v) is 7.89. The smallest absolute Gasteiger partial charge is 0.194 e. The zero-order chi connectivity index (χ0) is 13.8. The molecule has 2 heterocycles. The van der Waals surface area contributed by atoms with E-state index in [1.54, 1.807) is 6.26 Å². The highest BCUT2D eigenvalue weighted by atomic mass is 16.3. The predicted molar refractivity (Wildman–Crippen MR) is 80.8 cm³/mol. The molecule has 0 spiro atoms. The summed E-state index contributed by atoms with van der Waals surface area (Å²) < 4.78 is 5.37. The van der Waals surface area contributed by atoms with Crippen LogP contribution in [0.15, 0.2) is 27.8 Å². The molecule has 1 saturated heterocycles. The van der Waals surface area contributed by atoms with Gasteiger partial charge in [-0.2, -0.15) is 0 Å². The lowest BCUT2D eigenvalue weighted by molar-refractivity contribution is 0.265. The molecule has 20 heavy (non-hydrogen) atoms. The van der Waals surface area contributed by atoms with Gasteiger partial charge in [-0.3, -0.25) is 4.99 Å². The van der Waals surface area contributed by atoms with E-state index in [2.05, 4.69) is 17.1 Å². The second-order valence-corrected chi connectivity index (χ2v) is 6.15. The molecule has 110 valence electrons. The van der Waals surface area contributed by atoms with Crippen molar-refractivity contribution in [3.05, 3.63) is 24.2 Å². The van der Waals surface area contributed by atoms with Crippen LogP contribution in [-0.4, -0.2) is 36.5 Å².